The number of rotatable bonds is 1. The predicted molar refractivity (Wildman–Crippen MR) is 76.9 cm³/mol. The molecule has 2 rings (SSSR count). The molecular weight excluding hydrogens is 244 g/mol. The Hall–Kier alpha value is -2.08. The summed E-state index contributed by atoms with van der Waals surface area (Å²) in [6.45, 7) is 5.91. The van der Waals surface area contributed by atoms with Crippen LogP contribution in [0.5, 0.6) is 0 Å². The minimum Gasteiger partial charge on any atom is -0.399 e. The molecule has 19 heavy (non-hydrogen) atoms. The average Bonchev–Trinajstić information content (AvgIpc) is 2.42. The summed E-state index contributed by atoms with van der Waals surface area (Å²) in [6, 6.07) is 4.46. The zero-order valence-electron chi connectivity index (χ0n) is 11.3. The first-order valence-electron chi connectivity index (χ1n) is 6.25. The fourth-order valence-corrected chi connectivity index (χ4v) is 2.01. The smallest absolute Gasteiger partial charge is 0.175 e. The van der Waals surface area contributed by atoms with E-state index in [0.29, 0.717) is 22.9 Å². The number of aryl methyl sites for hydroxylation is 1. The van der Waals surface area contributed by atoms with Crippen LogP contribution >= 0.6 is 0 Å². The van der Waals surface area contributed by atoms with Crippen LogP contribution in [0.3, 0.4) is 0 Å². The number of anilines is 1. The van der Waals surface area contributed by atoms with Crippen LogP contribution in [0.4, 0.5) is 14.5 Å². The fraction of sp³-hybridized carbons (Fsp3) is 0.250. The summed E-state index contributed by atoms with van der Waals surface area (Å²) in [5.74, 6) is 0.299. The van der Waals surface area contributed by atoms with Crippen LogP contribution in [0.2, 0.25) is 0 Å². The summed E-state index contributed by atoms with van der Waals surface area (Å²) in [6.07, 6.45) is 5.91. The van der Waals surface area contributed by atoms with Crippen molar-refractivity contribution in [2.45, 2.75) is 27.2 Å². The van der Waals surface area contributed by atoms with E-state index in [1.54, 1.807) is 12.1 Å². The first-order chi connectivity index (χ1) is 9.08. The number of terminal acetylenes is 1. The lowest BCUT2D eigenvalue weighted by Crippen LogP contribution is -1.97. The molecule has 2 aromatic carbocycles. The number of hydrogen-bond acceptors (Lipinski definition) is 1. The van der Waals surface area contributed by atoms with Gasteiger partial charge in [0.25, 0.3) is 0 Å². The van der Waals surface area contributed by atoms with E-state index in [1.807, 2.05) is 20.8 Å². The van der Waals surface area contributed by atoms with Gasteiger partial charge in [-0.2, -0.15) is 0 Å². The molecule has 0 aliphatic heterocycles. The first kappa shape index (κ1) is 15.0. The molecule has 0 amide bonds. The molecule has 2 aromatic rings. The quantitative estimate of drug-likeness (QED) is 0.602. The van der Waals surface area contributed by atoms with Gasteiger partial charge in [-0.25, -0.2) is 8.78 Å². The van der Waals surface area contributed by atoms with E-state index >= 15 is 0 Å². The highest BCUT2D eigenvalue weighted by molar-refractivity contribution is 5.93. The van der Waals surface area contributed by atoms with Crippen LogP contribution in [0.25, 0.3) is 10.8 Å². The Balaban J connectivity index is 0.000000861. The maximum Gasteiger partial charge on any atom is 0.175 e. The van der Waals surface area contributed by atoms with Gasteiger partial charge in [-0.1, -0.05) is 26.7 Å². The summed E-state index contributed by atoms with van der Waals surface area (Å²) in [5.41, 5.74) is 7.02. The molecule has 0 saturated heterocycles. The molecule has 0 aliphatic carbocycles. The molecule has 0 atom stereocenters. The van der Waals surface area contributed by atoms with Gasteiger partial charge in [0.2, 0.25) is 0 Å². The summed E-state index contributed by atoms with van der Waals surface area (Å²) in [7, 11) is 0. The molecule has 100 valence electrons. The standard InChI is InChI=1S/C14H11F2N.C2H6/c1-3-8-5-10(17)6-9-7-12(15)14(16)11(4-2)13(8)9;1-2/h2,5-7H,3,17H2,1H3;1-2H3. The summed E-state index contributed by atoms with van der Waals surface area (Å²) < 4.78 is 27.0. The van der Waals surface area contributed by atoms with Gasteiger partial charge in [-0.3, -0.25) is 0 Å². The van der Waals surface area contributed by atoms with Crippen LogP contribution in [-0.4, -0.2) is 0 Å². The maximum atomic E-state index is 13.6. The van der Waals surface area contributed by atoms with E-state index in [2.05, 4.69) is 5.92 Å². The lowest BCUT2D eigenvalue weighted by atomic mass is 9.96. The Morgan fingerprint density at radius 3 is 2.37 bits per heavy atom. The molecule has 0 spiro atoms. The number of halogens is 2. The van der Waals surface area contributed by atoms with Crippen LogP contribution in [0.1, 0.15) is 31.9 Å². The first-order valence-corrected chi connectivity index (χ1v) is 6.25. The summed E-state index contributed by atoms with van der Waals surface area (Å²) in [5, 5.41) is 1.11. The van der Waals surface area contributed by atoms with E-state index in [0.717, 1.165) is 11.6 Å². The van der Waals surface area contributed by atoms with Crippen molar-refractivity contribution < 1.29 is 8.78 Å². The monoisotopic (exact) mass is 261 g/mol. The predicted octanol–water partition coefficient (Wildman–Crippen LogP) is 4.27. The highest BCUT2D eigenvalue weighted by atomic mass is 19.2. The van der Waals surface area contributed by atoms with Crippen molar-refractivity contribution in [1.29, 1.82) is 0 Å². The van der Waals surface area contributed by atoms with Crippen LogP contribution in [0, 0.1) is 24.0 Å². The zero-order chi connectivity index (χ0) is 14.6. The highest BCUT2D eigenvalue weighted by Gasteiger charge is 2.14. The average molecular weight is 261 g/mol. The van der Waals surface area contributed by atoms with Gasteiger partial charge in [-0.05, 0) is 35.6 Å². The third-order valence-electron chi connectivity index (χ3n) is 2.76. The van der Waals surface area contributed by atoms with E-state index in [9.17, 15) is 8.78 Å². The van der Waals surface area contributed by atoms with E-state index in [-0.39, 0.29) is 5.56 Å². The van der Waals surface area contributed by atoms with Crippen molar-refractivity contribution in [3.05, 3.63) is 41.0 Å². The number of fused-ring (bicyclic) bond motifs is 1. The molecular formula is C16H17F2N. The normalized spacial score (nSPS) is 9.68. The van der Waals surface area contributed by atoms with Gasteiger partial charge in [0, 0.05) is 11.1 Å². The van der Waals surface area contributed by atoms with E-state index in [1.165, 1.54) is 0 Å². The number of benzene rings is 2. The summed E-state index contributed by atoms with van der Waals surface area (Å²) in [4.78, 5) is 0. The molecule has 0 fully saturated rings. The molecule has 1 nitrogen and oxygen atoms in total. The van der Waals surface area contributed by atoms with Gasteiger partial charge >= 0.3 is 0 Å². The number of nitrogens with two attached hydrogens (primary N) is 1. The molecule has 2 N–H and O–H groups in total. The SMILES string of the molecule is C#Cc1c(F)c(F)cc2cc(N)cc(CC)c12.CC. The zero-order valence-corrected chi connectivity index (χ0v) is 11.3. The molecule has 0 aliphatic rings. The van der Waals surface area contributed by atoms with Crippen molar-refractivity contribution in [2.24, 2.45) is 0 Å². The van der Waals surface area contributed by atoms with Gasteiger partial charge in [0.15, 0.2) is 11.6 Å². The Bertz CT molecular complexity index is 639. The summed E-state index contributed by atoms with van der Waals surface area (Å²) >= 11 is 0. The molecule has 0 aromatic heterocycles. The second-order valence-electron chi connectivity index (χ2n) is 3.82. The number of nitrogen functional groups attached to an aromatic ring is 1. The Morgan fingerprint density at radius 2 is 1.84 bits per heavy atom. The largest absolute Gasteiger partial charge is 0.399 e. The number of hydrogen-bond donors (Lipinski definition) is 1. The molecule has 0 unspecified atom stereocenters. The molecule has 0 radical (unpaired) electrons. The van der Waals surface area contributed by atoms with Gasteiger partial charge < -0.3 is 5.73 Å². The Morgan fingerprint density at radius 1 is 1.21 bits per heavy atom. The fourth-order valence-electron chi connectivity index (χ4n) is 2.01. The molecule has 0 heterocycles. The molecule has 0 bridgehead atoms. The topological polar surface area (TPSA) is 26.0 Å². The lowest BCUT2D eigenvalue weighted by Gasteiger charge is -2.10. The van der Waals surface area contributed by atoms with Crippen molar-refractivity contribution in [3.8, 4) is 12.3 Å². The lowest BCUT2D eigenvalue weighted by molar-refractivity contribution is 0.509. The second-order valence-corrected chi connectivity index (χ2v) is 3.82. The maximum absolute atomic E-state index is 13.6. The van der Waals surface area contributed by atoms with E-state index in [4.69, 9.17) is 12.2 Å². The van der Waals surface area contributed by atoms with Crippen molar-refractivity contribution in [3.63, 3.8) is 0 Å². The minimum atomic E-state index is -0.973. The van der Waals surface area contributed by atoms with Gasteiger partial charge in [0.05, 0.1) is 5.56 Å². The van der Waals surface area contributed by atoms with E-state index < -0.39 is 11.6 Å². The van der Waals surface area contributed by atoms with Crippen LogP contribution in [0.15, 0.2) is 18.2 Å². The van der Waals surface area contributed by atoms with Crippen LogP contribution < -0.4 is 5.73 Å². The van der Waals surface area contributed by atoms with Crippen molar-refractivity contribution >= 4 is 16.5 Å². The highest BCUT2D eigenvalue weighted by Crippen LogP contribution is 2.29. The Kier molecular flexibility index (Phi) is 4.88. The third-order valence-corrected chi connectivity index (χ3v) is 2.76. The van der Waals surface area contributed by atoms with Crippen molar-refractivity contribution in [2.75, 3.05) is 5.73 Å². The third kappa shape index (κ3) is 2.68. The second kappa shape index (κ2) is 6.19. The van der Waals surface area contributed by atoms with Gasteiger partial charge in [-0.15, -0.1) is 6.42 Å². The van der Waals surface area contributed by atoms with Gasteiger partial charge in [0.1, 0.15) is 0 Å². The minimum absolute atomic E-state index is 0.0307. The van der Waals surface area contributed by atoms with Crippen molar-refractivity contribution in [1.82, 2.24) is 0 Å². The van der Waals surface area contributed by atoms with Crippen LogP contribution in [-0.2, 0) is 6.42 Å². The molecule has 0 saturated carbocycles. The Labute approximate surface area is 112 Å². The molecule has 3 heteroatoms.